The van der Waals surface area contributed by atoms with Crippen molar-refractivity contribution < 1.29 is 9.53 Å². The zero-order chi connectivity index (χ0) is 18.4. The Morgan fingerprint density at radius 1 is 0.920 bits per heavy atom. The highest BCUT2D eigenvalue weighted by molar-refractivity contribution is 9.11. The molecule has 0 fully saturated rings. The minimum atomic E-state index is -0.119. The van der Waals surface area contributed by atoms with E-state index in [9.17, 15) is 4.79 Å². The minimum Gasteiger partial charge on any atom is -0.466 e. The van der Waals surface area contributed by atoms with Gasteiger partial charge in [-0.2, -0.15) is 0 Å². The van der Waals surface area contributed by atoms with Gasteiger partial charge in [-0.1, -0.05) is 65.8 Å². The van der Waals surface area contributed by atoms with Crippen LogP contribution < -0.4 is 0 Å². The average molecular weight is 405 g/mol. The number of carbonyl (C=O) groups excluding carboxylic acids is 1. The Bertz CT molecular complexity index is 544. The first-order chi connectivity index (χ1) is 12.3. The molecule has 0 atom stereocenters. The second-order valence-corrected chi connectivity index (χ2v) is 6.09. The SMILES string of the molecule is CCCCOC(=O)CCCC#CC#CCCCCCCC#C/C=C/Br. The zero-order valence-corrected chi connectivity index (χ0v) is 16.9. The molecule has 0 saturated carbocycles. The molecule has 0 radical (unpaired) electrons. The first kappa shape index (κ1) is 23.4. The number of carbonyl (C=O) groups is 1. The number of hydrogen-bond donors (Lipinski definition) is 0. The topological polar surface area (TPSA) is 26.3 Å². The first-order valence-electron chi connectivity index (χ1n) is 9.16. The standard InChI is InChI=1S/C22H29BrO2/c1-2-3-21-25-22(24)19-17-15-13-11-9-7-5-4-6-8-10-12-14-16-18-20-23/h18,20H,2-6,8,10,12,15,17,19,21H2,1H3/b20-18+. The molecular formula is C22H29BrO2. The van der Waals surface area contributed by atoms with Crippen molar-refractivity contribution in [2.24, 2.45) is 0 Å². The summed E-state index contributed by atoms with van der Waals surface area (Å²) in [5.74, 6) is 17.7. The van der Waals surface area contributed by atoms with Gasteiger partial charge in [-0.15, -0.1) is 0 Å². The number of esters is 1. The summed E-state index contributed by atoms with van der Waals surface area (Å²) in [6.07, 6.45) is 12.2. The number of allylic oxidation sites excluding steroid dienone is 1. The first-order valence-corrected chi connectivity index (χ1v) is 10.1. The Morgan fingerprint density at radius 2 is 1.56 bits per heavy atom. The van der Waals surface area contributed by atoms with Gasteiger partial charge in [0.1, 0.15) is 0 Å². The molecule has 0 aromatic heterocycles. The quantitative estimate of drug-likeness (QED) is 0.248. The maximum absolute atomic E-state index is 11.4. The van der Waals surface area contributed by atoms with Crippen LogP contribution in [0.25, 0.3) is 0 Å². The van der Waals surface area contributed by atoms with Crippen LogP contribution in [-0.4, -0.2) is 12.6 Å². The summed E-state index contributed by atoms with van der Waals surface area (Å²) < 4.78 is 5.08. The summed E-state index contributed by atoms with van der Waals surface area (Å²) in [6.45, 7) is 2.61. The third-order valence-corrected chi connectivity index (χ3v) is 3.55. The highest BCUT2D eigenvalue weighted by Gasteiger charge is 2.00. The fourth-order valence-electron chi connectivity index (χ4n) is 1.88. The van der Waals surface area contributed by atoms with Gasteiger partial charge in [-0.05, 0) is 48.6 Å². The molecule has 0 aliphatic carbocycles. The molecule has 0 rings (SSSR count). The lowest BCUT2D eigenvalue weighted by Crippen LogP contribution is -2.05. The van der Waals surface area contributed by atoms with Crippen LogP contribution >= 0.6 is 15.9 Å². The van der Waals surface area contributed by atoms with Crippen LogP contribution in [0.5, 0.6) is 0 Å². The highest BCUT2D eigenvalue weighted by atomic mass is 79.9. The van der Waals surface area contributed by atoms with Crippen molar-refractivity contribution in [3.8, 4) is 35.5 Å². The molecule has 3 heteroatoms. The van der Waals surface area contributed by atoms with Crippen LogP contribution in [0.3, 0.4) is 0 Å². The van der Waals surface area contributed by atoms with Crippen LogP contribution in [0.1, 0.15) is 77.6 Å². The van der Waals surface area contributed by atoms with E-state index in [-0.39, 0.29) is 5.97 Å². The summed E-state index contributed by atoms with van der Waals surface area (Å²) >= 11 is 3.18. The van der Waals surface area contributed by atoms with Crippen LogP contribution in [0.15, 0.2) is 11.1 Å². The number of rotatable bonds is 11. The molecule has 0 unspecified atom stereocenters. The van der Waals surface area contributed by atoms with Crippen LogP contribution in [0.4, 0.5) is 0 Å². The normalized spacial score (nSPS) is 9.36. The van der Waals surface area contributed by atoms with Gasteiger partial charge in [0.05, 0.1) is 6.61 Å². The molecule has 2 nitrogen and oxygen atoms in total. The summed E-state index contributed by atoms with van der Waals surface area (Å²) in [5, 5.41) is 0. The lowest BCUT2D eigenvalue weighted by atomic mass is 10.1. The fraction of sp³-hybridized carbons (Fsp3) is 0.591. The van der Waals surface area contributed by atoms with E-state index in [4.69, 9.17) is 4.74 Å². The zero-order valence-electron chi connectivity index (χ0n) is 15.3. The van der Waals surface area contributed by atoms with Gasteiger partial charge in [-0.3, -0.25) is 4.79 Å². The maximum atomic E-state index is 11.4. The lowest BCUT2D eigenvalue weighted by molar-refractivity contribution is -0.143. The van der Waals surface area contributed by atoms with Gasteiger partial charge < -0.3 is 4.74 Å². The van der Waals surface area contributed by atoms with Gasteiger partial charge in [0.15, 0.2) is 0 Å². The molecule has 136 valence electrons. The van der Waals surface area contributed by atoms with E-state index in [0.717, 1.165) is 44.9 Å². The van der Waals surface area contributed by atoms with E-state index in [0.29, 0.717) is 19.4 Å². The second kappa shape index (κ2) is 20.4. The molecule has 0 N–H and O–H groups in total. The summed E-state index contributed by atoms with van der Waals surface area (Å²) in [4.78, 5) is 13.1. The molecule has 0 aromatic rings. The third-order valence-electron chi connectivity index (χ3n) is 3.28. The van der Waals surface area contributed by atoms with Crippen molar-refractivity contribution in [3.63, 3.8) is 0 Å². The molecule has 0 aliphatic rings. The van der Waals surface area contributed by atoms with E-state index in [1.54, 1.807) is 11.1 Å². The number of halogens is 1. The predicted octanol–water partition coefficient (Wildman–Crippen LogP) is 5.76. The molecule has 0 aromatic carbocycles. The molecule has 0 spiro atoms. The van der Waals surface area contributed by atoms with Crippen molar-refractivity contribution in [1.29, 1.82) is 0 Å². The van der Waals surface area contributed by atoms with Gasteiger partial charge in [0.2, 0.25) is 0 Å². The second-order valence-electron chi connectivity index (χ2n) is 5.56. The van der Waals surface area contributed by atoms with Gasteiger partial charge in [0.25, 0.3) is 0 Å². The van der Waals surface area contributed by atoms with Crippen molar-refractivity contribution in [2.45, 2.75) is 77.6 Å². The Hall–Kier alpha value is -1.63. The smallest absolute Gasteiger partial charge is 0.305 e. The number of hydrogen-bond acceptors (Lipinski definition) is 2. The lowest BCUT2D eigenvalue weighted by Gasteiger charge is -2.01. The largest absolute Gasteiger partial charge is 0.466 e. The molecule has 0 bridgehead atoms. The van der Waals surface area contributed by atoms with Crippen LogP contribution in [0, 0.1) is 35.5 Å². The van der Waals surface area contributed by atoms with E-state index >= 15 is 0 Å². The monoisotopic (exact) mass is 404 g/mol. The average Bonchev–Trinajstić information content (AvgIpc) is 2.61. The summed E-state index contributed by atoms with van der Waals surface area (Å²) in [6, 6.07) is 0. The summed E-state index contributed by atoms with van der Waals surface area (Å²) in [7, 11) is 0. The van der Waals surface area contributed by atoms with Crippen molar-refractivity contribution in [3.05, 3.63) is 11.1 Å². The Labute approximate surface area is 162 Å². The van der Waals surface area contributed by atoms with Crippen molar-refractivity contribution in [1.82, 2.24) is 0 Å². The fourth-order valence-corrected chi connectivity index (χ4v) is 2.01. The maximum Gasteiger partial charge on any atom is 0.305 e. The van der Waals surface area contributed by atoms with Crippen LogP contribution in [0.2, 0.25) is 0 Å². The van der Waals surface area contributed by atoms with E-state index in [1.807, 2.05) is 0 Å². The molecule has 0 heterocycles. The third kappa shape index (κ3) is 20.3. The minimum absolute atomic E-state index is 0.119. The molecule has 25 heavy (non-hydrogen) atoms. The Morgan fingerprint density at radius 3 is 2.20 bits per heavy atom. The van der Waals surface area contributed by atoms with Crippen molar-refractivity contribution >= 4 is 21.9 Å². The van der Waals surface area contributed by atoms with Crippen molar-refractivity contribution in [2.75, 3.05) is 6.61 Å². The van der Waals surface area contributed by atoms with E-state index in [2.05, 4.69) is 58.4 Å². The predicted molar refractivity (Wildman–Crippen MR) is 109 cm³/mol. The molecule has 0 saturated heterocycles. The van der Waals surface area contributed by atoms with Gasteiger partial charge in [0, 0.05) is 25.7 Å². The molecule has 0 aliphatic heterocycles. The van der Waals surface area contributed by atoms with E-state index < -0.39 is 0 Å². The van der Waals surface area contributed by atoms with Gasteiger partial charge in [-0.25, -0.2) is 0 Å². The highest BCUT2D eigenvalue weighted by Crippen LogP contribution is 2.04. The summed E-state index contributed by atoms with van der Waals surface area (Å²) in [5.41, 5.74) is 0. The van der Waals surface area contributed by atoms with Crippen LogP contribution in [-0.2, 0) is 9.53 Å². The molecule has 0 amide bonds. The Balaban J connectivity index is 3.46. The Kier molecular flexibility index (Phi) is 19.1. The number of ether oxygens (including phenoxy) is 1. The van der Waals surface area contributed by atoms with E-state index in [1.165, 1.54) is 12.8 Å². The van der Waals surface area contributed by atoms with Gasteiger partial charge >= 0.3 is 5.97 Å². The molecular weight excluding hydrogens is 376 g/mol. The number of unbranched alkanes of at least 4 members (excludes halogenated alkanes) is 7.